The van der Waals surface area contributed by atoms with E-state index in [1.807, 2.05) is 93.6 Å². The van der Waals surface area contributed by atoms with E-state index in [2.05, 4.69) is 10.6 Å². The molecule has 2 N–H and O–H groups in total. The van der Waals surface area contributed by atoms with Crippen LogP contribution in [-0.2, 0) is 0 Å². The van der Waals surface area contributed by atoms with Gasteiger partial charge in [-0.2, -0.15) is 0 Å². The van der Waals surface area contributed by atoms with Crippen molar-refractivity contribution in [2.45, 2.75) is 27.2 Å². The number of nitrogens with one attached hydrogen (secondary N) is 2. The third-order valence-electron chi connectivity index (χ3n) is 6.56. The highest BCUT2D eigenvalue weighted by Gasteiger charge is 2.49. The Morgan fingerprint density at radius 3 is 2.03 bits per heavy atom. The largest absolute Gasteiger partial charge is 0.355 e. The molecule has 0 amide bonds. The summed E-state index contributed by atoms with van der Waals surface area (Å²) < 4.78 is 0. The Balaban J connectivity index is 1.62. The summed E-state index contributed by atoms with van der Waals surface area (Å²) in [5.41, 5.74) is 5.95. The Labute approximate surface area is 194 Å². The lowest BCUT2D eigenvalue weighted by atomic mass is 9.63. The molecular weight excluding hydrogens is 408 g/mol. The van der Waals surface area contributed by atoms with E-state index < -0.39 is 5.41 Å². The lowest BCUT2D eigenvalue weighted by Crippen LogP contribution is -2.41. The standard InChI is InChI=1S/C29H26N2O2/c1-18-9-13-20(14-10-18)30-23-7-4-6-22-25(23)27(32)26-24(8-5-17-29(26,3)28(22)33)31-21-15-11-19(2)12-16-21/h4-16,30-31H,17H2,1-3H3. The number of carbonyl (C=O) groups excluding carboxylic acids is 2. The first kappa shape index (κ1) is 21.0. The van der Waals surface area contributed by atoms with Gasteiger partial charge in [0.15, 0.2) is 11.6 Å². The van der Waals surface area contributed by atoms with Gasteiger partial charge in [-0.1, -0.05) is 53.6 Å². The molecule has 0 radical (unpaired) electrons. The van der Waals surface area contributed by atoms with Crippen molar-refractivity contribution in [3.8, 4) is 0 Å². The van der Waals surface area contributed by atoms with Gasteiger partial charge in [-0.15, -0.1) is 0 Å². The highest BCUT2D eigenvalue weighted by atomic mass is 16.1. The second-order valence-electron chi connectivity index (χ2n) is 9.10. The molecule has 4 heteroatoms. The second-order valence-corrected chi connectivity index (χ2v) is 9.10. The zero-order valence-corrected chi connectivity index (χ0v) is 19.0. The van der Waals surface area contributed by atoms with Crippen LogP contribution in [0.15, 0.2) is 90.2 Å². The van der Waals surface area contributed by atoms with E-state index in [-0.39, 0.29) is 11.6 Å². The fourth-order valence-electron chi connectivity index (χ4n) is 4.68. The van der Waals surface area contributed by atoms with Crippen LogP contribution in [0.2, 0.25) is 0 Å². The van der Waals surface area contributed by atoms with Gasteiger partial charge in [0.1, 0.15) is 0 Å². The maximum Gasteiger partial charge on any atom is 0.194 e. The molecule has 1 atom stereocenters. The maximum absolute atomic E-state index is 14.0. The van der Waals surface area contributed by atoms with E-state index in [0.29, 0.717) is 34.5 Å². The smallest absolute Gasteiger partial charge is 0.194 e. The van der Waals surface area contributed by atoms with E-state index >= 15 is 0 Å². The first-order valence-corrected chi connectivity index (χ1v) is 11.2. The molecular formula is C29H26N2O2. The van der Waals surface area contributed by atoms with Crippen molar-refractivity contribution in [2.24, 2.45) is 5.41 Å². The normalized spacial score (nSPS) is 19.2. The molecule has 1 unspecified atom stereocenters. The molecule has 0 heterocycles. The number of anilines is 3. The average molecular weight is 435 g/mol. The Morgan fingerprint density at radius 2 is 1.39 bits per heavy atom. The summed E-state index contributed by atoms with van der Waals surface area (Å²) in [5, 5.41) is 6.74. The highest BCUT2D eigenvalue weighted by molar-refractivity contribution is 6.28. The third kappa shape index (κ3) is 3.58. The number of aryl methyl sites for hydroxylation is 2. The molecule has 164 valence electrons. The number of rotatable bonds is 4. The zero-order valence-electron chi connectivity index (χ0n) is 19.0. The summed E-state index contributed by atoms with van der Waals surface area (Å²) in [5.74, 6) is -0.131. The van der Waals surface area contributed by atoms with Crippen LogP contribution in [0.5, 0.6) is 0 Å². The van der Waals surface area contributed by atoms with Crippen LogP contribution in [0.1, 0.15) is 45.2 Å². The van der Waals surface area contributed by atoms with Gasteiger partial charge >= 0.3 is 0 Å². The highest BCUT2D eigenvalue weighted by Crippen LogP contribution is 2.47. The number of allylic oxidation sites excluding steroid dienone is 3. The van der Waals surface area contributed by atoms with Gasteiger partial charge in [-0.25, -0.2) is 0 Å². The molecule has 0 aliphatic heterocycles. The average Bonchev–Trinajstić information content (AvgIpc) is 2.80. The van der Waals surface area contributed by atoms with Crippen LogP contribution in [0.25, 0.3) is 0 Å². The predicted molar refractivity (Wildman–Crippen MR) is 133 cm³/mol. The van der Waals surface area contributed by atoms with Crippen LogP contribution in [0.3, 0.4) is 0 Å². The molecule has 0 bridgehead atoms. The summed E-state index contributed by atoms with van der Waals surface area (Å²) >= 11 is 0. The Kier molecular flexibility index (Phi) is 5.01. The molecule has 3 aromatic carbocycles. The Morgan fingerprint density at radius 1 is 0.788 bits per heavy atom. The maximum atomic E-state index is 14.0. The molecule has 3 aromatic rings. The number of benzene rings is 3. The number of ketones is 2. The van der Waals surface area contributed by atoms with Crippen LogP contribution in [0, 0.1) is 19.3 Å². The molecule has 2 aliphatic rings. The molecule has 0 fully saturated rings. The zero-order chi connectivity index (χ0) is 23.2. The van der Waals surface area contributed by atoms with Crippen molar-refractivity contribution in [3.63, 3.8) is 0 Å². The van der Waals surface area contributed by atoms with Gasteiger partial charge in [-0.05, 0) is 63.6 Å². The first-order valence-electron chi connectivity index (χ1n) is 11.2. The van der Waals surface area contributed by atoms with Crippen molar-refractivity contribution in [1.29, 1.82) is 0 Å². The Hall–Kier alpha value is -3.92. The summed E-state index contributed by atoms with van der Waals surface area (Å²) in [4.78, 5) is 27.7. The van der Waals surface area contributed by atoms with E-state index in [1.54, 1.807) is 6.07 Å². The van der Waals surface area contributed by atoms with E-state index in [0.717, 1.165) is 22.5 Å². The lowest BCUT2D eigenvalue weighted by molar-refractivity contribution is 0.0799. The van der Waals surface area contributed by atoms with Crippen molar-refractivity contribution in [3.05, 3.63) is 112 Å². The molecule has 0 spiro atoms. The number of fused-ring (bicyclic) bond motifs is 2. The predicted octanol–water partition coefficient (Wildman–Crippen LogP) is 6.76. The van der Waals surface area contributed by atoms with Crippen LogP contribution in [-0.4, -0.2) is 11.6 Å². The molecule has 5 rings (SSSR count). The number of Topliss-reactive ketones (excluding diaryl/α,β-unsaturated/α-hetero) is 2. The van der Waals surface area contributed by atoms with Gasteiger partial charge in [0.25, 0.3) is 0 Å². The van der Waals surface area contributed by atoms with Crippen LogP contribution < -0.4 is 10.6 Å². The molecule has 4 nitrogen and oxygen atoms in total. The first-order chi connectivity index (χ1) is 15.9. The van der Waals surface area contributed by atoms with Gasteiger partial charge in [0.2, 0.25) is 0 Å². The molecule has 33 heavy (non-hydrogen) atoms. The van der Waals surface area contributed by atoms with Gasteiger partial charge in [0.05, 0.1) is 16.7 Å². The molecule has 0 aromatic heterocycles. The topological polar surface area (TPSA) is 58.2 Å². The minimum absolute atomic E-state index is 0.0211. The van der Waals surface area contributed by atoms with Crippen molar-refractivity contribution < 1.29 is 9.59 Å². The fourth-order valence-corrected chi connectivity index (χ4v) is 4.68. The SMILES string of the molecule is Cc1ccc(NC2=C3C(=O)c4c(Nc5ccc(C)cc5)cccc4C(=O)C3(C)CC=C2)cc1. The van der Waals surface area contributed by atoms with E-state index in [9.17, 15) is 9.59 Å². The summed E-state index contributed by atoms with van der Waals surface area (Å²) in [6, 6.07) is 21.4. The van der Waals surface area contributed by atoms with Gasteiger partial charge < -0.3 is 10.6 Å². The monoisotopic (exact) mass is 434 g/mol. The molecule has 0 saturated heterocycles. The number of carbonyl (C=O) groups is 2. The van der Waals surface area contributed by atoms with Gasteiger partial charge in [-0.3, -0.25) is 9.59 Å². The van der Waals surface area contributed by atoms with Crippen LogP contribution in [0.4, 0.5) is 17.1 Å². The van der Waals surface area contributed by atoms with Gasteiger partial charge in [0, 0.05) is 28.2 Å². The summed E-state index contributed by atoms with van der Waals surface area (Å²) in [7, 11) is 0. The summed E-state index contributed by atoms with van der Waals surface area (Å²) in [6.45, 7) is 5.95. The fraction of sp³-hybridized carbons (Fsp3) is 0.172. The Bertz CT molecular complexity index is 1330. The van der Waals surface area contributed by atoms with E-state index in [4.69, 9.17) is 0 Å². The lowest BCUT2D eigenvalue weighted by Gasteiger charge is -2.38. The summed E-state index contributed by atoms with van der Waals surface area (Å²) in [6.07, 6.45) is 4.40. The third-order valence-corrected chi connectivity index (χ3v) is 6.56. The second kappa shape index (κ2) is 7.89. The van der Waals surface area contributed by atoms with Crippen molar-refractivity contribution in [1.82, 2.24) is 0 Å². The minimum atomic E-state index is -0.894. The molecule has 0 saturated carbocycles. The van der Waals surface area contributed by atoms with Crippen molar-refractivity contribution in [2.75, 3.05) is 10.6 Å². The minimum Gasteiger partial charge on any atom is -0.355 e. The van der Waals surface area contributed by atoms with E-state index in [1.165, 1.54) is 0 Å². The molecule has 2 aliphatic carbocycles. The van der Waals surface area contributed by atoms with Crippen LogP contribution >= 0.6 is 0 Å². The number of hydrogen-bond donors (Lipinski definition) is 2. The number of hydrogen-bond acceptors (Lipinski definition) is 4. The van der Waals surface area contributed by atoms with Crippen molar-refractivity contribution >= 4 is 28.6 Å². The quantitative estimate of drug-likeness (QED) is 0.476.